The Morgan fingerprint density at radius 3 is 3.18 bits per heavy atom. The van der Waals surface area contributed by atoms with Crippen molar-refractivity contribution in [1.82, 2.24) is 14.5 Å². The molecule has 52 valence electrons. The SMILES string of the molecule is N#Cn1cnc2nccc-2c1. The van der Waals surface area contributed by atoms with E-state index >= 15 is 0 Å². The molecule has 0 saturated carbocycles. The molecule has 0 N–H and O–H groups in total. The zero-order chi connectivity index (χ0) is 7.68. The van der Waals surface area contributed by atoms with Gasteiger partial charge in [-0.2, -0.15) is 5.26 Å². The van der Waals surface area contributed by atoms with Crippen LogP contribution in [0.2, 0.25) is 0 Å². The summed E-state index contributed by atoms with van der Waals surface area (Å²) in [6, 6.07) is 1.82. The third-order valence-electron chi connectivity index (χ3n) is 1.41. The molecule has 0 spiro atoms. The van der Waals surface area contributed by atoms with Crippen molar-refractivity contribution in [3.05, 3.63) is 24.8 Å². The minimum atomic E-state index is 0.677. The molecule has 0 aromatic carbocycles. The van der Waals surface area contributed by atoms with E-state index in [-0.39, 0.29) is 0 Å². The van der Waals surface area contributed by atoms with Gasteiger partial charge >= 0.3 is 0 Å². The molecule has 2 rings (SSSR count). The number of rotatable bonds is 0. The predicted molar refractivity (Wildman–Crippen MR) is 37.7 cm³/mol. The van der Waals surface area contributed by atoms with Gasteiger partial charge in [-0.05, 0) is 6.07 Å². The molecule has 0 bridgehead atoms. The summed E-state index contributed by atoms with van der Waals surface area (Å²) < 4.78 is 1.34. The normalized spacial score (nSPS) is 9.73. The molecule has 0 unspecified atom stereocenters. The van der Waals surface area contributed by atoms with Gasteiger partial charge in [0.25, 0.3) is 0 Å². The standard InChI is InChI=1S/C7H4N4/c8-4-11-3-6-1-2-9-7(6)10-5-11/h1-3,5H. The second kappa shape index (κ2) is 2.06. The van der Waals surface area contributed by atoms with Gasteiger partial charge in [-0.15, -0.1) is 0 Å². The molecule has 2 aliphatic heterocycles. The summed E-state index contributed by atoms with van der Waals surface area (Å²) in [7, 11) is 0. The fourth-order valence-corrected chi connectivity index (χ4v) is 0.901. The highest BCUT2D eigenvalue weighted by molar-refractivity contribution is 5.54. The molecule has 2 heterocycles. The Bertz CT molecular complexity index is 384. The summed E-state index contributed by atoms with van der Waals surface area (Å²) in [6.07, 6.45) is 6.73. The molecule has 0 aliphatic carbocycles. The lowest BCUT2D eigenvalue weighted by atomic mass is 10.3. The van der Waals surface area contributed by atoms with Crippen molar-refractivity contribution in [3.8, 4) is 17.6 Å². The maximum absolute atomic E-state index is 8.49. The van der Waals surface area contributed by atoms with E-state index in [1.54, 1.807) is 12.4 Å². The van der Waals surface area contributed by atoms with E-state index < -0.39 is 0 Å². The molecule has 4 heteroatoms. The van der Waals surface area contributed by atoms with Crippen LogP contribution >= 0.6 is 0 Å². The van der Waals surface area contributed by atoms with Gasteiger partial charge in [-0.25, -0.2) is 14.5 Å². The van der Waals surface area contributed by atoms with Crippen molar-refractivity contribution < 1.29 is 0 Å². The van der Waals surface area contributed by atoms with Crippen molar-refractivity contribution in [1.29, 1.82) is 5.26 Å². The van der Waals surface area contributed by atoms with Gasteiger partial charge in [0.2, 0.25) is 0 Å². The molecular weight excluding hydrogens is 140 g/mol. The van der Waals surface area contributed by atoms with Crippen LogP contribution in [0.5, 0.6) is 0 Å². The monoisotopic (exact) mass is 144 g/mol. The number of hydrogen-bond donors (Lipinski definition) is 0. The Kier molecular flexibility index (Phi) is 1.10. The fourth-order valence-electron chi connectivity index (χ4n) is 0.901. The Morgan fingerprint density at radius 2 is 2.36 bits per heavy atom. The van der Waals surface area contributed by atoms with Crippen molar-refractivity contribution in [2.45, 2.75) is 0 Å². The highest BCUT2D eigenvalue weighted by atomic mass is 15.0. The van der Waals surface area contributed by atoms with Gasteiger partial charge in [0.1, 0.15) is 6.33 Å². The first-order valence-electron chi connectivity index (χ1n) is 3.09. The van der Waals surface area contributed by atoms with E-state index in [9.17, 15) is 0 Å². The predicted octanol–water partition coefficient (Wildman–Crippen LogP) is 0.712. The lowest BCUT2D eigenvalue weighted by Crippen LogP contribution is -1.93. The zero-order valence-corrected chi connectivity index (χ0v) is 5.60. The number of hydrogen-bond acceptors (Lipinski definition) is 3. The van der Waals surface area contributed by atoms with Crippen molar-refractivity contribution >= 4 is 0 Å². The fraction of sp³-hybridized carbons (Fsp3) is 0. The molecule has 0 amide bonds. The summed E-state index contributed by atoms with van der Waals surface area (Å²) in [5.41, 5.74) is 0.883. The van der Waals surface area contributed by atoms with E-state index in [2.05, 4.69) is 9.97 Å². The van der Waals surface area contributed by atoms with Crippen molar-refractivity contribution in [2.75, 3.05) is 0 Å². The number of fused-ring (bicyclic) bond motifs is 1. The third-order valence-corrected chi connectivity index (χ3v) is 1.41. The summed E-state index contributed by atoms with van der Waals surface area (Å²) >= 11 is 0. The molecule has 11 heavy (non-hydrogen) atoms. The van der Waals surface area contributed by atoms with E-state index in [0.717, 1.165) is 5.56 Å². The molecule has 0 atom stereocenters. The third kappa shape index (κ3) is 0.829. The minimum Gasteiger partial charge on any atom is -0.244 e. The lowest BCUT2D eigenvalue weighted by Gasteiger charge is -1.96. The van der Waals surface area contributed by atoms with Gasteiger partial charge in [0.15, 0.2) is 12.0 Å². The van der Waals surface area contributed by atoms with E-state index in [4.69, 9.17) is 5.26 Å². The van der Waals surface area contributed by atoms with E-state index in [1.807, 2.05) is 12.3 Å². The van der Waals surface area contributed by atoms with Crippen LogP contribution in [0.25, 0.3) is 11.4 Å². The van der Waals surface area contributed by atoms with Gasteiger partial charge in [0, 0.05) is 18.0 Å². The highest BCUT2D eigenvalue weighted by Gasteiger charge is 2.03. The van der Waals surface area contributed by atoms with Crippen LogP contribution in [0.4, 0.5) is 0 Å². The van der Waals surface area contributed by atoms with Crippen LogP contribution in [0.1, 0.15) is 0 Å². The average Bonchev–Trinajstić information content (AvgIpc) is 2.50. The van der Waals surface area contributed by atoms with Crippen LogP contribution in [0.3, 0.4) is 0 Å². The average molecular weight is 144 g/mol. The van der Waals surface area contributed by atoms with E-state index in [1.165, 1.54) is 10.9 Å². The largest absolute Gasteiger partial charge is 0.244 e. The van der Waals surface area contributed by atoms with Crippen LogP contribution in [0, 0.1) is 11.5 Å². The summed E-state index contributed by atoms with van der Waals surface area (Å²) in [6.45, 7) is 0. The molecular formula is C7H4N4. The van der Waals surface area contributed by atoms with Gasteiger partial charge < -0.3 is 0 Å². The quantitative estimate of drug-likeness (QED) is 0.547. The maximum Gasteiger partial charge on any atom is 0.189 e. The number of nitriles is 1. The van der Waals surface area contributed by atoms with Gasteiger partial charge in [0.05, 0.1) is 0 Å². The first kappa shape index (κ1) is 5.86. The number of nitrogens with zero attached hydrogens (tertiary/aromatic N) is 4. The van der Waals surface area contributed by atoms with Crippen molar-refractivity contribution in [3.63, 3.8) is 0 Å². The van der Waals surface area contributed by atoms with E-state index in [0.29, 0.717) is 5.82 Å². The van der Waals surface area contributed by atoms with Crippen LogP contribution in [0.15, 0.2) is 24.8 Å². The maximum atomic E-state index is 8.49. The second-order valence-electron chi connectivity index (χ2n) is 2.10. The van der Waals surface area contributed by atoms with Crippen LogP contribution in [-0.2, 0) is 0 Å². The summed E-state index contributed by atoms with van der Waals surface area (Å²) in [5.74, 6) is 0.677. The highest BCUT2D eigenvalue weighted by Crippen LogP contribution is 2.14. The van der Waals surface area contributed by atoms with Gasteiger partial charge in [-0.1, -0.05) is 0 Å². The second-order valence-corrected chi connectivity index (χ2v) is 2.10. The summed E-state index contributed by atoms with van der Waals surface area (Å²) in [4.78, 5) is 7.90. The molecule has 0 saturated heterocycles. The zero-order valence-electron chi connectivity index (χ0n) is 5.60. The molecule has 0 aromatic rings. The number of aromatic nitrogens is 3. The molecule has 4 nitrogen and oxygen atoms in total. The molecule has 0 radical (unpaired) electrons. The molecule has 0 aromatic heterocycles. The molecule has 2 aliphatic rings. The smallest absolute Gasteiger partial charge is 0.189 e. The molecule has 0 fully saturated rings. The Morgan fingerprint density at radius 1 is 1.45 bits per heavy atom. The Balaban J connectivity index is 2.71. The first-order chi connectivity index (χ1) is 5.40. The Hall–Kier alpha value is -1.89. The Labute approximate surface area is 63.1 Å². The van der Waals surface area contributed by atoms with Crippen molar-refractivity contribution in [2.24, 2.45) is 0 Å². The van der Waals surface area contributed by atoms with Crippen LogP contribution in [-0.4, -0.2) is 14.5 Å². The first-order valence-corrected chi connectivity index (χ1v) is 3.09. The lowest BCUT2D eigenvalue weighted by molar-refractivity contribution is 0.991. The topological polar surface area (TPSA) is 54.5 Å². The van der Waals surface area contributed by atoms with Crippen LogP contribution < -0.4 is 0 Å². The van der Waals surface area contributed by atoms with Gasteiger partial charge in [-0.3, -0.25) is 0 Å². The minimum absolute atomic E-state index is 0.677. The summed E-state index contributed by atoms with van der Waals surface area (Å²) in [5, 5.41) is 8.49.